The van der Waals surface area contributed by atoms with Gasteiger partial charge in [0.2, 0.25) is 5.91 Å². The maximum Gasteiger partial charge on any atom is 0.248 e. The van der Waals surface area contributed by atoms with Crippen molar-refractivity contribution in [2.75, 3.05) is 5.32 Å². The fraction of sp³-hybridized carbons (Fsp3) is 0. The number of nitrogens with one attached hydrogen (secondary N) is 1. The van der Waals surface area contributed by atoms with Gasteiger partial charge in [-0.05, 0) is 46.3 Å². The number of benzene rings is 1. The number of carbonyl (C=O) groups is 1. The summed E-state index contributed by atoms with van der Waals surface area (Å²) in [6.45, 7) is 0. The Labute approximate surface area is 120 Å². The fourth-order valence-electron chi connectivity index (χ4n) is 1.37. The van der Waals surface area contributed by atoms with Crippen molar-refractivity contribution in [3.63, 3.8) is 0 Å². The summed E-state index contributed by atoms with van der Waals surface area (Å²) in [5, 5.41) is 2.09. The zero-order valence-electron chi connectivity index (χ0n) is 9.79. The second kappa shape index (κ2) is 5.96. The van der Waals surface area contributed by atoms with Gasteiger partial charge in [-0.15, -0.1) is 0 Å². The summed E-state index contributed by atoms with van der Waals surface area (Å²) in [4.78, 5) is 11.5. The van der Waals surface area contributed by atoms with Crippen LogP contribution in [-0.4, -0.2) is 5.91 Å². The average Bonchev–Trinajstić information content (AvgIpc) is 2.83. The van der Waals surface area contributed by atoms with Crippen molar-refractivity contribution < 1.29 is 22.4 Å². The topological polar surface area (TPSA) is 42.2 Å². The maximum absolute atomic E-state index is 13.3. The number of hydrogen-bond donors (Lipinski definition) is 1. The third-order valence-electron chi connectivity index (χ3n) is 2.29. The number of halogens is 4. The van der Waals surface area contributed by atoms with Crippen LogP contribution in [0.4, 0.5) is 18.9 Å². The van der Waals surface area contributed by atoms with E-state index in [2.05, 4.69) is 21.2 Å². The normalized spacial score (nSPS) is 11.0. The lowest BCUT2D eigenvalue weighted by Gasteiger charge is -2.04. The zero-order chi connectivity index (χ0) is 14.7. The Morgan fingerprint density at radius 1 is 1.15 bits per heavy atom. The van der Waals surface area contributed by atoms with Crippen LogP contribution in [0.15, 0.2) is 39.4 Å². The molecule has 1 aromatic carbocycles. The van der Waals surface area contributed by atoms with E-state index in [-0.39, 0.29) is 0 Å². The minimum atomic E-state index is -1.64. The summed E-state index contributed by atoms with van der Waals surface area (Å²) in [6, 6.07) is 4.89. The number of hydrogen-bond acceptors (Lipinski definition) is 2. The minimum absolute atomic E-state index is 0.401. The Bertz CT molecular complexity index is 682. The van der Waals surface area contributed by atoms with Gasteiger partial charge in [0, 0.05) is 6.08 Å². The van der Waals surface area contributed by atoms with E-state index in [4.69, 9.17) is 4.42 Å². The molecule has 0 radical (unpaired) electrons. The summed E-state index contributed by atoms with van der Waals surface area (Å²) >= 11 is 3.09. The van der Waals surface area contributed by atoms with Gasteiger partial charge in [0.25, 0.3) is 0 Å². The highest BCUT2D eigenvalue weighted by Gasteiger charge is 2.14. The van der Waals surface area contributed by atoms with Crippen molar-refractivity contribution in [2.45, 2.75) is 0 Å². The quantitative estimate of drug-likeness (QED) is 0.671. The molecule has 1 aromatic heterocycles. The van der Waals surface area contributed by atoms with Crippen LogP contribution < -0.4 is 5.32 Å². The Morgan fingerprint density at radius 3 is 2.55 bits per heavy atom. The van der Waals surface area contributed by atoms with Gasteiger partial charge in [-0.3, -0.25) is 4.79 Å². The first kappa shape index (κ1) is 14.4. The molecule has 0 aliphatic heterocycles. The Kier molecular flexibility index (Phi) is 4.29. The van der Waals surface area contributed by atoms with Gasteiger partial charge < -0.3 is 9.73 Å². The summed E-state index contributed by atoms with van der Waals surface area (Å²) in [5.74, 6) is -4.72. The molecule has 0 fully saturated rings. The predicted octanol–water partition coefficient (Wildman–Crippen LogP) is 4.11. The van der Waals surface area contributed by atoms with Gasteiger partial charge in [0.05, 0.1) is 5.69 Å². The first-order valence-corrected chi connectivity index (χ1v) is 6.14. The maximum atomic E-state index is 13.3. The van der Waals surface area contributed by atoms with Crippen molar-refractivity contribution in [1.29, 1.82) is 0 Å². The van der Waals surface area contributed by atoms with E-state index in [1.54, 1.807) is 12.1 Å². The first-order chi connectivity index (χ1) is 9.47. The number of rotatable bonds is 3. The van der Waals surface area contributed by atoms with E-state index < -0.39 is 29.0 Å². The standard InChI is InChI=1S/C13H7BrF3NO2/c14-10-5-1-7(20-10)2-6-11(19)18-9-4-3-8(15)12(16)13(9)17/h1-6H,(H,18,19)/b6-2+. The van der Waals surface area contributed by atoms with Crippen LogP contribution in [0, 0.1) is 17.5 Å². The number of amides is 1. The lowest BCUT2D eigenvalue weighted by atomic mass is 10.2. The van der Waals surface area contributed by atoms with Crippen molar-refractivity contribution >= 4 is 33.6 Å². The molecule has 0 bridgehead atoms. The molecule has 0 saturated heterocycles. The van der Waals surface area contributed by atoms with E-state index in [1.807, 2.05) is 0 Å². The van der Waals surface area contributed by atoms with Crippen LogP contribution in [0.5, 0.6) is 0 Å². The Hall–Kier alpha value is -2.02. The van der Waals surface area contributed by atoms with Crippen LogP contribution in [0.25, 0.3) is 6.08 Å². The van der Waals surface area contributed by atoms with Crippen molar-refractivity contribution in [3.05, 3.63) is 58.2 Å². The predicted molar refractivity (Wildman–Crippen MR) is 70.4 cm³/mol. The SMILES string of the molecule is O=C(/C=C/c1ccc(Br)o1)Nc1ccc(F)c(F)c1F. The lowest BCUT2D eigenvalue weighted by Crippen LogP contribution is -2.10. The van der Waals surface area contributed by atoms with Crippen LogP contribution in [0.2, 0.25) is 0 Å². The summed E-state index contributed by atoms with van der Waals surface area (Å²) in [5.41, 5.74) is -0.445. The zero-order valence-corrected chi connectivity index (χ0v) is 11.4. The van der Waals surface area contributed by atoms with Crippen LogP contribution in [-0.2, 0) is 4.79 Å². The molecule has 20 heavy (non-hydrogen) atoms. The molecular formula is C13H7BrF3NO2. The van der Waals surface area contributed by atoms with Crippen LogP contribution in [0.1, 0.15) is 5.76 Å². The van der Waals surface area contributed by atoms with Gasteiger partial charge in [-0.1, -0.05) is 0 Å². The van der Waals surface area contributed by atoms with E-state index in [0.29, 0.717) is 10.4 Å². The summed E-state index contributed by atoms with van der Waals surface area (Å²) in [7, 11) is 0. The molecule has 0 unspecified atom stereocenters. The third-order valence-corrected chi connectivity index (χ3v) is 2.71. The molecule has 1 heterocycles. The van der Waals surface area contributed by atoms with E-state index in [1.165, 1.54) is 6.08 Å². The first-order valence-electron chi connectivity index (χ1n) is 5.35. The molecule has 1 N–H and O–H groups in total. The van der Waals surface area contributed by atoms with E-state index in [9.17, 15) is 18.0 Å². The molecule has 3 nitrogen and oxygen atoms in total. The smallest absolute Gasteiger partial charge is 0.248 e. The molecule has 2 aromatic rings. The number of furan rings is 1. The second-order valence-electron chi connectivity index (χ2n) is 3.69. The third kappa shape index (κ3) is 3.30. The molecular weight excluding hydrogens is 339 g/mol. The monoisotopic (exact) mass is 345 g/mol. The van der Waals surface area contributed by atoms with Gasteiger partial charge in [0.1, 0.15) is 5.76 Å². The van der Waals surface area contributed by atoms with Gasteiger partial charge in [0.15, 0.2) is 22.1 Å². The lowest BCUT2D eigenvalue weighted by molar-refractivity contribution is -0.111. The molecule has 1 amide bonds. The Balaban J connectivity index is 2.09. The molecule has 104 valence electrons. The second-order valence-corrected chi connectivity index (χ2v) is 4.47. The molecule has 0 aliphatic carbocycles. The summed E-state index contributed by atoms with van der Waals surface area (Å²) < 4.78 is 44.6. The van der Waals surface area contributed by atoms with Crippen LogP contribution >= 0.6 is 15.9 Å². The molecule has 7 heteroatoms. The molecule has 0 saturated carbocycles. The average molecular weight is 346 g/mol. The van der Waals surface area contributed by atoms with E-state index >= 15 is 0 Å². The molecule has 0 spiro atoms. The van der Waals surface area contributed by atoms with Crippen molar-refractivity contribution in [2.24, 2.45) is 0 Å². The molecule has 2 rings (SSSR count). The molecule has 0 aliphatic rings. The highest BCUT2D eigenvalue weighted by Crippen LogP contribution is 2.20. The number of anilines is 1. The van der Waals surface area contributed by atoms with Gasteiger partial charge >= 0.3 is 0 Å². The Morgan fingerprint density at radius 2 is 1.90 bits per heavy atom. The fourth-order valence-corrected chi connectivity index (χ4v) is 1.69. The highest BCUT2D eigenvalue weighted by atomic mass is 79.9. The highest BCUT2D eigenvalue weighted by molar-refractivity contribution is 9.10. The minimum Gasteiger partial charge on any atom is -0.450 e. The van der Waals surface area contributed by atoms with Crippen molar-refractivity contribution in [3.8, 4) is 0 Å². The van der Waals surface area contributed by atoms with Crippen molar-refractivity contribution in [1.82, 2.24) is 0 Å². The number of carbonyl (C=O) groups excluding carboxylic acids is 1. The molecule has 0 atom stereocenters. The van der Waals surface area contributed by atoms with E-state index in [0.717, 1.165) is 18.2 Å². The van der Waals surface area contributed by atoms with Gasteiger partial charge in [-0.2, -0.15) is 0 Å². The van der Waals surface area contributed by atoms with Gasteiger partial charge in [-0.25, -0.2) is 13.2 Å². The largest absolute Gasteiger partial charge is 0.450 e. The summed E-state index contributed by atoms with van der Waals surface area (Å²) in [6.07, 6.45) is 2.42. The van der Waals surface area contributed by atoms with Crippen LogP contribution in [0.3, 0.4) is 0 Å².